The zero-order valence-electron chi connectivity index (χ0n) is 9.97. The van der Waals surface area contributed by atoms with Gasteiger partial charge in [-0.3, -0.25) is 0 Å². The van der Waals surface area contributed by atoms with Crippen molar-refractivity contribution in [3.63, 3.8) is 0 Å². The molecule has 0 bridgehead atoms. The molecule has 1 aromatic heterocycles. The van der Waals surface area contributed by atoms with E-state index in [2.05, 4.69) is 25.9 Å². The summed E-state index contributed by atoms with van der Waals surface area (Å²) < 4.78 is 26.5. The van der Waals surface area contributed by atoms with Gasteiger partial charge in [-0.05, 0) is 34.1 Å². The zero-order chi connectivity index (χ0) is 14.0. The van der Waals surface area contributed by atoms with E-state index in [9.17, 15) is 8.42 Å². The molecule has 1 heterocycles. The number of rotatable bonds is 4. The first kappa shape index (κ1) is 14.5. The molecule has 102 valence electrons. The van der Waals surface area contributed by atoms with Crippen LogP contribution in [0, 0.1) is 0 Å². The maximum absolute atomic E-state index is 12.3. The molecule has 0 unspecified atom stereocenters. The fourth-order valence-electron chi connectivity index (χ4n) is 1.50. The topological polar surface area (TPSA) is 66.1 Å². The predicted octanol–water partition coefficient (Wildman–Crippen LogP) is 2.65. The third-order valence-corrected chi connectivity index (χ3v) is 5.54. The Kier molecular flexibility index (Phi) is 4.29. The summed E-state index contributed by atoms with van der Waals surface area (Å²) in [4.78, 5) is 7.05. The third kappa shape index (κ3) is 3.17. The molecule has 0 atom stereocenters. The average molecular weight is 365 g/mol. The zero-order valence-corrected chi connectivity index (χ0v) is 13.1. The second kappa shape index (κ2) is 5.62. The first-order chi connectivity index (χ1) is 8.91. The molecular formula is C11H11BrClN3O2S. The van der Waals surface area contributed by atoms with Crippen LogP contribution in [0.3, 0.4) is 0 Å². The fourth-order valence-corrected chi connectivity index (χ4v) is 3.30. The number of hydrogen-bond donors (Lipinski definition) is 1. The second-order valence-corrected chi connectivity index (χ2v) is 7.18. The monoisotopic (exact) mass is 363 g/mol. The minimum absolute atomic E-state index is 0.176. The highest BCUT2D eigenvalue weighted by atomic mass is 79.9. The number of H-pyrrole nitrogens is 1. The molecule has 8 heteroatoms. The smallest absolute Gasteiger partial charge is 0.243 e. The van der Waals surface area contributed by atoms with Gasteiger partial charge in [-0.1, -0.05) is 11.6 Å². The van der Waals surface area contributed by atoms with Gasteiger partial charge in [0.15, 0.2) is 0 Å². The Labute approximate surface area is 124 Å². The molecule has 2 aromatic rings. The van der Waals surface area contributed by atoms with Gasteiger partial charge >= 0.3 is 0 Å². The van der Waals surface area contributed by atoms with Crippen molar-refractivity contribution in [2.75, 3.05) is 7.05 Å². The summed E-state index contributed by atoms with van der Waals surface area (Å²) in [6.07, 6.45) is 3.23. The van der Waals surface area contributed by atoms with Crippen LogP contribution in [0.1, 0.15) is 5.82 Å². The summed E-state index contributed by atoms with van der Waals surface area (Å²) in [5.41, 5.74) is 0. The van der Waals surface area contributed by atoms with E-state index in [1.807, 2.05) is 0 Å². The molecule has 0 saturated carbocycles. The van der Waals surface area contributed by atoms with Crippen LogP contribution < -0.4 is 0 Å². The Morgan fingerprint density at radius 1 is 1.47 bits per heavy atom. The SMILES string of the molecule is CN(Cc1ncc[nH]1)S(=O)(=O)c1ccc(Cl)c(Br)c1. The number of imidazole rings is 1. The molecule has 0 aliphatic rings. The van der Waals surface area contributed by atoms with Gasteiger partial charge in [-0.15, -0.1) is 0 Å². The number of benzene rings is 1. The summed E-state index contributed by atoms with van der Waals surface area (Å²) in [6, 6.07) is 4.50. The van der Waals surface area contributed by atoms with Crippen molar-refractivity contribution in [3.8, 4) is 0 Å². The first-order valence-corrected chi connectivity index (χ1v) is 7.92. The minimum atomic E-state index is -3.57. The van der Waals surface area contributed by atoms with E-state index in [1.54, 1.807) is 18.5 Å². The lowest BCUT2D eigenvalue weighted by molar-refractivity contribution is 0.458. The predicted molar refractivity (Wildman–Crippen MR) is 76.4 cm³/mol. The number of nitrogens with one attached hydrogen (secondary N) is 1. The van der Waals surface area contributed by atoms with Gasteiger partial charge in [-0.25, -0.2) is 13.4 Å². The summed E-state index contributed by atoms with van der Waals surface area (Å²) in [5.74, 6) is 0.583. The first-order valence-electron chi connectivity index (χ1n) is 5.31. The number of aromatic amines is 1. The minimum Gasteiger partial charge on any atom is -0.347 e. The van der Waals surface area contributed by atoms with Crippen LogP contribution in [0.5, 0.6) is 0 Å². The van der Waals surface area contributed by atoms with Gasteiger partial charge in [0.05, 0.1) is 16.5 Å². The average Bonchev–Trinajstić information content (AvgIpc) is 2.85. The summed E-state index contributed by atoms with van der Waals surface area (Å²) in [6.45, 7) is 0.176. The van der Waals surface area contributed by atoms with E-state index in [-0.39, 0.29) is 11.4 Å². The van der Waals surface area contributed by atoms with E-state index >= 15 is 0 Å². The Hall–Kier alpha value is -0.890. The van der Waals surface area contributed by atoms with Crippen molar-refractivity contribution in [3.05, 3.63) is 45.9 Å². The van der Waals surface area contributed by atoms with Crippen molar-refractivity contribution in [1.82, 2.24) is 14.3 Å². The van der Waals surface area contributed by atoms with Gasteiger partial charge in [0.1, 0.15) is 5.82 Å². The van der Waals surface area contributed by atoms with Crippen molar-refractivity contribution in [2.45, 2.75) is 11.4 Å². The van der Waals surface area contributed by atoms with Gasteiger partial charge in [0.25, 0.3) is 0 Å². The van der Waals surface area contributed by atoms with Gasteiger partial charge in [0.2, 0.25) is 10.0 Å². The van der Waals surface area contributed by atoms with Crippen LogP contribution in [-0.4, -0.2) is 29.7 Å². The quantitative estimate of drug-likeness (QED) is 0.907. The molecule has 0 spiro atoms. The molecule has 0 amide bonds. The number of sulfonamides is 1. The summed E-state index contributed by atoms with van der Waals surface area (Å²) >= 11 is 9.07. The maximum Gasteiger partial charge on any atom is 0.243 e. The van der Waals surface area contributed by atoms with Crippen molar-refractivity contribution >= 4 is 37.6 Å². The summed E-state index contributed by atoms with van der Waals surface area (Å²) in [7, 11) is -2.07. The highest BCUT2D eigenvalue weighted by Crippen LogP contribution is 2.26. The molecule has 1 N–H and O–H groups in total. The van der Waals surface area contributed by atoms with E-state index in [0.29, 0.717) is 15.3 Å². The highest BCUT2D eigenvalue weighted by molar-refractivity contribution is 9.10. The molecule has 0 aliphatic carbocycles. The molecule has 0 saturated heterocycles. The molecule has 0 aliphatic heterocycles. The number of aromatic nitrogens is 2. The summed E-state index contributed by atoms with van der Waals surface area (Å²) in [5, 5.41) is 0.465. The second-order valence-electron chi connectivity index (χ2n) is 3.87. The number of nitrogens with zero attached hydrogens (tertiary/aromatic N) is 2. The van der Waals surface area contributed by atoms with E-state index in [4.69, 9.17) is 11.6 Å². The molecule has 5 nitrogen and oxygen atoms in total. The molecule has 0 radical (unpaired) electrons. The maximum atomic E-state index is 12.3. The molecule has 0 fully saturated rings. The molecule has 2 rings (SSSR count). The molecule has 1 aromatic carbocycles. The molecule has 19 heavy (non-hydrogen) atoms. The number of hydrogen-bond acceptors (Lipinski definition) is 3. The van der Waals surface area contributed by atoms with Crippen molar-refractivity contribution in [2.24, 2.45) is 0 Å². The lowest BCUT2D eigenvalue weighted by atomic mass is 10.4. The normalized spacial score (nSPS) is 12.0. The van der Waals surface area contributed by atoms with Crippen LogP contribution in [0.2, 0.25) is 5.02 Å². The van der Waals surface area contributed by atoms with Crippen LogP contribution >= 0.6 is 27.5 Å². The van der Waals surface area contributed by atoms with Gasteiger partial charge < -0.3 is 4.98 Å². The van der Waals surface area contributed by atoms with Crippen LogP contribution in [-0.2, 0) is 16.6 Å². The number of halogens is 2. The van der Waals surface area contributed by atoms with Crippen LogP contribution in [0.4, 0.5) is 0 Å². The van der Waals surface area contributed by atoms with E-state index < -0.39 is 10.0 Å². The largest absolute Gasteiger partial charge is 0.347 e. The van der Waals surface area contributed by atoms with Crippen LogP contribution in [0.15, 0.2) is 40.0 Å². The van der Waals surface area contributed by atoms with Crippen molar-refractivity contribution < 1.29 is 8.42 Å². The highest BCUT2D eigenvalue weighted by Gasteiger charge is 2.22. The Morgan fingerprint density at radius 3 is 2.79 bits per heavy atom. The lowest BCUT2D eigenvalue weighted by Gasteiger charge is -2.16. The fraction of sp³-hybridized carbons (Fsp3) is 0.182. The van der Waals surface area contributed by atoms with Crippen molar-refractivity contribution in [1.29, 1.82) is 0 Å². The third-order valence-electron chi connectivity index (χ3n) is 2.53. The van der Waals surface area contributed by atoms with E-state index in [0.717, 1.165) is 0 Å². The molecular weight excluding hydrogens is 354 g/mol. The Morgan fingerprint density at radius 2 is 2.21 bits per heavy atom. The lowest BCUT2D eigenvalue weighted by Crippen LogP contribution is -2.27. The Bertz CT molecular complexity index is 673. The van der Waals surface area contributed by atoms with E-state index in [1.165, 1.54) is 23.5 Å². The standard InChI is InChI=1S/C11H11BrClN3O2S/c1-16(7-11-14-4-5-15-11)19(17,18)8-2-3-10(13)9(12)6-8/h2-6H,7H2,1H3,(H,14,15). The van der Waals surface area contributed by atoms with Crippen LogP contribution in [0.25, 0.3) is 0 Å². The van der Waals surface area contributed by atoms with Gasteiger partial charge in [0, 0.05) is 23.9 Å². The van der Waals surface area contributed by atoms with Gasteiger partial charge in [-0.2, -0.15) is 4.31 Å². The Balaban J connectivity index is 2.28.